The molecule has 0 saturated carbocycles. The van der Waals surface area contributed by atoms with Crippen molar-refractivity contribution >= 4 is 21.8 Å². The number of para-hydroxylation sites is 2. The van der Waals surface area contributed by atoms with Crippen molar-refractivity contribution in [3.05, 3.63) is 73.1 Å². The molecule has 0 aliphatic rings. The van der Waals surface area contributed by atoms with Crippen molar-refractivity contribution in [2.75, 3.05) is 0 Å². The molecule has 0 bridgehead atoms. The molecule has 0 atom stereocenters. The van der Waals surface area contributed by atoms with Gasteiger partial charge < -0.3 is 10.2 Å². The van der Waals surface area contributed by atoms with E-state index < -0.39 is 0 Å². The number of aromatic nitrogens is 2. The highest BCUT2D eigenvalue weighted by atomic mass is 16.3. The summed E-state index contributed by atoms with van der Waals surface area (Å²) >= 11 is 0. The Balaban J connectivity index is 0.000000154. The predicted octanol–water partition coefficient (Wildman–Crippen LogP) is 3.88. The number of fused-ring (bicyclic) bond motifs is 3. The summed E-state index contributed by atoms with van der Waals surface area (Å²) in [6, 6.07) is 18.3. The van der Waals surface area contributed by atoms with Crippen molar-refractivity contribution in [1.29, 1.82) is 0 Å². The number of nitrogens with zero attached hydrogens (tertiary/aromatic N) is 2. The fraction of sp³-hybridized carbons (Fsp3) is 0. The number of rotatable bonds is 0. The molecule has 2 heterocycles. The van der Waals surface area contributed by atoms with Crippen molar-refractivity contribution in [3.8, 4) is 11.5 Å². The van der Waals surface area contributed by atoms with Gasteiger partial charge in [0.1, 0.15) is 0 Å². The van der Waals surface area contributed by atoms with Crippen LogP contribution in [0, 0.1) is 0 Å². The standard InChI is InChI=1S/C12H8N2.C6H6O2/c1-3-9-5-6-10-4-2-8-14-12(10)11(9)13-7-1;7-5-3-1-2-4-6(5)8/h1-8H;1-4,7-8H. The number of aromatic hydroxyl groups is 2. The summed E-state index contributed by atoms with van der Waals surface area (Å²) in [6.07, 6.45) is 3.60. The zero-order chi connectivity index (χ0) is 15.4. The average molecular weight is 290 g/mol. The minimum Gasteiger partial charge on any atom is -0.504 e. The number of benzene rings is 2. The Bertz CT molecular complexity index is 847. The molecular formula is C18H14N2O2. The molecule has 4 nitrogen and oxygen atoms in total. The van der Waals surface area contributed by atoms with Gasteiger partial charge in [-0.1, -0.05) is 36.4 Å². The largest absolute Gasteiger partial charge is 0.504 e. The van der Waals surface area contributed by atoms with Gasteiger partial charge >= 0.3 is 0 Å². The first-order valence-corrected chi connectivity index (χ1v) is 6.81. The predicted molar refractivity (Wildman–Crippen MR) is 86.8 cm³/mol. The van der Waals surface area contributed by atoms with Gasteiger partial charge in [-0.05, 0) is 24.3 Å². The first kappa shape index (κ1) is 13.8. The Kier molecular flexibility index (Phi) is 3.83. The lowest BCUT2D eigenvalue weighted by atomic mass is 10.1. The van der Waals surface area contributed by atoms with Gasteiger partial charge in [-0.15, -0.1) is 0 Å². The van der Waals surface area contributed by atoms with Crippen LogP contribution in [-0.4, -0.2) is 20.2 Å². The van der Waals surface area contributed by atoms with Crippen molar-refractivity contribution in [2.45, 2.75) is 0 Å². The number of hydrogen-bond donors (Lipinski definition) is 2. The molecule has 108 valence electrons. The summed E-state index contributed by atoms with van der Waals surface area (Å²) in [5, 5.41) is 19.6. The van der Waals surface area contributed by atoms with Crippen LogP contribution < -0.4 is 0 Å². The topological polar surface area (TPSA) is 66.2 Å². The van der Waals surface area contributed by atoms with Crippen LogP contribution in [0.4, 0.5) is 0 Å². The van der Waals surface area contributed by atoms with Crippen LogP contribution in [0.25, 0.3) is 21.8 Å². The molecule has 4 aromatic rings. The summed E-state index contributed by atoms with van der Waals surface area (Å²) in [5.41, 5.74) is 1.95. The molecule has 0 amide bonds. The smallest absolute Gasteiger partial charge is 0.157 e. The quantitative estimate of drug-likeness (QED) is 0.381. The van der Waals surface area contributed by atoms with Crippen LogP contribution in [-0.2, 0) is 0 Å². The Morgan fingerprint density at radius 1 is 0.545 bits per heavy atom. The van der Waals surface area contributed by atoms with Crippen molar-refractivity contribution in [3.63, 3.8) is 0 Å². The molecule has 0 spiro atoms. The fourth-order valence-electron chi connectivity index (χ4n) is 2.14. The molecule has 0 aliphatic heterocycles. The molecular weight excluding hydrogens is 276 g/mol. The molecule has 0 unspecified atom stereocenters. The van der Waals surface area contributed by atoms with E-state index in [1.54, 1.807) is 24.5 Å². The van der Waals surface area contributed by atoms with E-state index in [9.17, 15) is 0 Å². The van der Waals surface area contributed by atoms with Crippen LogP contribution in [0.15, 0.2) is 73.1 Å². The van der Waals surface area contributed by atoms with Gasteiger partial charge in [0.2, 0.25) is 0 Å². The number of phenolic OH excluding ortho intramolecular Hbond substituents is 2. The van der Waals surface area contributed by atoms with E-state index in [0.29, 0.717) is 0 Å². The molecule has 22 heavy (non-hydrogen) atoms. The molecule has 4 rings (SSSR count). The second-order valence-electron chi connectivity index (χ2n) is 4.70. The minimum atomic E-state index is -0.0764. The molecule has 0 aliphatic carbocycles. The van der Waals surface area contributed by atoms with Gasteiger partial charge in [-0.3, -0.25) is 9.97 Å². The molecule has 0 saturated heterocycles. The Morgan fingerprint density at radius 3 is 1.41 bits per heavy atom. The summed E-state index contributed by atoms with van der Waals surface area (Å²) in [4.78, 5) is 8.69. The highest BCUT2D eigenvalue weighted by Crippen LogP contribution is 2.21. The highest BCUT2D eigenvalue weighted by molar-refractivity contribution is 6.02. The number of pyridine rings is 2. The van der Waals surface area contributed by atoms with E-state index in [4.69, 9.17) is 10.2 Å². The van der Waals surface area contributed by atoms with Crippen molar-refractivity contribution in [1.82, 2.24) is 9.97 Å². The summed E-state index contributed by atoms with van der Waals surface area (Å²) in [7, 11) is 0. The Hall–Kier alpha value is -3.14. The second-order valence-corrected chi connectivity index (χ2v) is 4.70. The van der Waals surface area contributed by atoms with Crippen molar-refractivity contribution in [2.24, 2.45) is 0 Å². The third-order valence-corrected chi connectivity index (χ3v) is 3.23. The van der Waals surface area contributed by atoms with Gasteiger partial charge in [0, 0.05) is 23.2 Å². The molecule has 0 radical (unpaired) electrons. The lowest BCUT2D eigenvalue weighted by Crippen LogP contribution is -1.83. The van der Waals surface area contributed by atoms with Crippen LogP contribution in [0.2, 0.25) is 0 Å². The van der Waals surface area contributed by atoms with Gasteiger partial charge in [0.25, 0.3) is 0 Å². The van der Waals surface area contributed by atoms with Crippen LogP contribution in [0.5, 0.6) is 11.5 Å². The van der Waals surface area contributed by atoms with Crippen LogP contribution >= 0.6 is 0 Å². The summed E-state index contributed by atoms with van der Waals surface area (Å²) in [5.74, 6) is -0.153. The zero-order valence-electron chi connectivity index (χ0n) is 11.7. The molecule has 2 N–H and O–H groups in total. The monoisotopic (exact) mass is 290 g/mol. The van der Waals surface area contributed by atoms with Crippen LogP contribution in [0.3, 0.4) is 0 Å². The Labute approximate surface area is 127 Å². The normalized spacial score (nSPS) is 10.2. The third-order valence-electron chi connectivity index (χ3n) is 3.23. The first-order valence-electron chi connectivity index (χ1n) is 6.81. The van der Waals surface area contributed by atoms with Crippen molar-refractivity contribution < 1.29 is 10.2 Å². The number of hydrogen-bond acceptors (Lipinski definition) is 4. The third kappa shape index (κ3) is 2.81. The lowest BCUT2D eigenvalue weighted by Gasteiger charge is -2.00. The maximum atomic E-state index is 8.67. The van der Waals surface area contributed by atoms with Crippen LogP contribution in [0.1, 0.15) is 0 Å². The SMILES string of the molecule is Oc1ccccc1O.c1cnc2c(c1)ccc1cccnc12. The van der Waals surface area contributed by atoms with E-state index >= 15 is 0 Å². The maximum Gasteiger partial charge on any atom is 0.157 e. The molecule has 2 aromatic carbocycles. The maximum absolute atomic E-state index is 8.67. The second kappa shape index (κ2) is 6.10. The van der Waals surface area contributed by atoms with E-state index in [1.165, 1.54) is 12.1 Å². The molecule has 0 fully saturated rings. The van der Waals surface area contributed by atoms with Gasteiger partial charge in [-0.2, -0.15) is 0 Å². The molecule has 2 aromatic heterocycles. The van der Waals surface area contributed by atoms with E-state index in [2.05, 4.69) is 34.2 Å². The fourth-order valence-corrected chi connectivity index (χ4v) is 2.14. The minimum absolute atomic E-state index is 0.0764. The van der Waals surface area contributed by atoms with E-state index in [-0.39, 0.29) is 11.5 Å². The number of phenols is 2. The average Bonchev–Trinajstić information content (AvgIpc) is 2.58. The first-order chi connectivity index (χ1) is 10.8. The molecule has 4 heteroatoms. The highest BCUT2D eigenvalue weighted by Gasteiger charge is 2.00. The Morgan fingerprint density at radius 2 is 1.00 bits per heavy atom. The van der Waals surface area contributed by atoms with Gasteiger partial charge in [0.05, 0.1) is 11.0 Å². The van der Waals surface area contributed by atoms with Gasteiger partial charge in [0.15, 0.2) is 11.5 Å². The summed E-state index contributed by atoms with van der Waals surface area (Å²) < 4.78 is 0. The summed E-state index contributed by atoms with van der Waals surface area (Å²) in [6.45, 7) is 0. The zero-order valence-corrected chi connectivity index (χ0v) is 11.7. The van der Waals surface area contributed by atoms with Gasteiger partial charge in [-0.25, -0.2) is 0 Å². The lowest BCUT2D eigenvalue weighted by molar-refractivity contribution is 0.404. The van der Waals surface area contributed by atoms with E-state index in [0.717, 1.165) is 21.8 Å². The van der Waals surface area contributed by atoms with E-state index in [1.807, 2.05) is 12.1 Å².